The quantitative estimate of drug-likeness (QED) is 0.609. The Hall–Kier alpha value is -1.14. The van der Waals surface area contributed by atoms with Gasteiger partial charge >= 0.3 is 0 Å². The van der Waals surface area contributed by atoms with E-state index in [1.807, 2.05) is 7.05 Å². The highest BCUT2D eigenvalue weighted by molar-refractivity contribution is 7.99. The molecular formula is C18H31N5S. The van der Waals surface area contributed by atoms with E-state index in [4.69, 9.17) is 0 Å². The lowest BCUT2D eigenvalue weighted by molar-refractivity contribution is 0.107. The van der Waals surface area contributed by atoms with E-state index >= 15 is 0 Å². The second-order valence-electron chi connectivity index (χ2n) is 6.80. The molecule has 2 N–H and O–H groups in total. The lowest BCUT2D eigenvalue weighted by Crippen LogP contribution is -2.57. The molecule has 0 atom stereocenters. The second-order valence-corrected chi connectivity index (χ2v) is 8.03. The van der Waals surface area contributed by atoms with Crippen LogP contribution >= 0.6 is 11.8 Å². The summed E-state index contributed by atoms with van der Waals surface area (Å²) in [6, 6.07) is 4.13. The van der Waals surface area contributed by atoms with Gasteiger partial charge in [0.2, 0.25) is 0 Å². The Labute approximate surface area is 150 Å². The van der Waals surface area contributed by atoms with Crippen molar-refractivity contribution in [1.29, 1.82) is 0 Å². The van der Waals surface area contributed by atoms with Crippen molar-refractivity contribution >= 4 is 17.7 Å². The molecule has 2 aliphatic rings. The van der Waals surface area contributed by atoms with Crippen molar-refractivity contribution in [3.05, 3.63) is 24.5 Å². The van der Waals surface area contributed by atoms with E-state index in [9.17, 15) is 0 Å². The maximum absolute atomic E-state index is 4.41. The van der Waals surface area contributed by atoms with Crippen LogP contribution in [0.1, 0.15) is 25.7 Å². The predicted octanol–water partition coefficient (Wildman–Crippen LogP) is 2.01. The fourth-order valence-corrected chi connectivity index (χ4v) is 4.87. The van der Waals surface area contributed by atoms with Gasteiger partial charge in [-0.3, -0.25) is 9.89 Å². The molecule has 2 heterocycles. The van der Waals surface area contributed by atoms with E-state index in [-0.39, 0.29) is 0 Å². The molecule has 1 aliphatic heterocycles. The van der Waals surface area contributed by atoms with Crippen molar-refractivity contribution in [2.45, 2.75) is 37.8 Å². The average Bonchev–Trinajstić information content (AvgIpc) is 3.31. The Bertz CT molecular complexity index is 501. The number of nitrogens with zero attached hydrogens (tertiary/aromatic N) is 3. The van der Waals surface area contributed by atoms with Gasteiger partial charge in [-0.1, -0.05) is 12.8 Å². The molecule has 5 nitrogen and oxygen atoms in total. The van der Waals surface area contributed by atoms with Crippen LogP contribution in [0.4, 0.5) is 0 Å². The molecule has 24 heavy (non-hydrogen) atoms. The van der Waals surface area contributed by atoms with Gasteiger partial charge in [-0.05, 0) is 25.0 Å². The summed E-state index contributed by atoms with van der Waals surface area (Å²) in [5, 5.41) is 7.06. The number of nitrogens with one attached hydrogen (secondary N) is 2. The monoisotopic (exact) mass is 349 g/mol. The van der Waals surface area contributed by atoms with Gasteiger partial charge in [0.1, 0.15) is 0 Å². The minimum atomic E-state index is 0.346. The lowest BCUT2D eigenvalue weighted by Gasteiger charge is -2.43. The van der Waals surface area contributed by atoms with Crippen LogP contribution in [0.3, 0.4) is 0 Å². The van der Waals surface area contributed by atoms with E-state index in [1.54, 1.807) is 0 Å². The van der Waals surface area contributed by atoms with E-state index < -0.39 is 0 Å². The number of aliphatic imine (C=N–C) groups is 1. The molecule has 0 amide bonds. The molecule has 1 saturated carbocycles. The predicted molar refractivity (Wildman–Crippen MR) is 104 cm³/mol. The summed E-state index contributed by atoms with van der Waals surface area (Å²) in [7, 11) is 1.86. The largest absolute Gasteiger partial charge is 0.355 e. The molecule has 1 aromatic heterocycles. The van der Waals surface area contributed by atoms with Crippen LogP contribution in [0.2, 0.25) is 0 Å². The molecule has 0 bridgehead atoms. The third-order valence-corrected chi connectivity index (χ3v) is 6.30. The Morgan fingerprint density at radius 3 is 2.50 bits per heavy atom. The molecule has 134 valence electrons. The summed E-state index contributed by atoms with van der Waals surface area (Å²) in [4.78, 5) is 7.15. The van der Waals surface area contributed by atoms with Gasteiger partial charge < -0.3 is 15.2 Å². The highest BCUT2D eigenvalue weighted by Gasteiger charge is 2.39. The number of aromatic nitrogens is 1. The molecule has 3 rings (SSSR count). The molecular weight excluding hydrogens is 318 g/mol. The van der Waals surface area contributed by atoms with Gasteiger partial charge in [-0.25, -0.2) is 0 Å². The molecule has 0 unspecified atom stereocenters. The number of hydrogen-bond acceptors (Lipinski definition) is 3. The summed E-state index contributed by atoms with van der Waals surface area (Å²) in [6.07, 6.45) is 9.57. The van der Waals surface area contributed by atoms with Crippen molar-refractivity contribution < 1.29 is 0 Å². The molecule has 1 saturated heterocycles. The first-order chi connectivity index (χ1) is 11.8. The van der Waals surface area contributed by atoms with Gasteiger partial charge in [0.25, 0.3) is 0 Å². The van der Waals surface area contributed by atoms with E-state index in [2.05, 4.69) is 61.4 Å². The van der Waals surface area contributed by atoms with Crippen molar-refractivity contribution in [1.82, 2.24) is 20.1 Å². The first-order valence-electron chi connectivity index (χ1n) is 9.20. The van der Waals surface area contributed by atoms with Crippen molar-refractivity contribution in [3.8, 4) is 0 Å². The minimum Gasteiger partial charge on any atom is -0.355 e. The smallest absolute Gasteiger partial charge is 0.191 e. The van der Waals surface area contributed by atoms with Crippen LogP contribution in [0.15, 0.2) is 29.5 Å². The van der Waals surface area contributed by atoms with Crippen LogP contribution in [-0.4, -0.2) is 65.7 Å². The van der Waals surface area contributed by atoms with Crippen LogP contribution in [0.5, 0.6) is 0 Å². The van der Waals surface area contributed by atoms with Gasteiger partial charge in [0.05, 0.1) is 0 Å². The standard InChI is InChI=1S/C18H31N5S/c1-19-17(20-8-11-22-9-4-5-10-22)21-16-18(6-2-3-7-18)23-12-14-24-15-13-23/h4-5,9-10H,2-3,6-8,11-16H2,1H3,(H2,19,20,21). The SMILES string of the molecule is CN=C(NCCn1cccc1)NCC1(N2CCSCC2)CCCC1. The number of hydrogen-bond donors (Lipinski definition) is 2. The van der Waals surface area contributed by atoms with Crippen molar-refractivity contribution in [3.63, 3.8) is 0 Å². The molecule has 0 aromatic carbocycles. The third kappa shape index (κ3) is 4.48. The minimum absolute atomic E-state index is 0.346. The Balaban J connectivity index is 1.49. The second kappa shape index (κ2) is 8.81. The van der Waals surface area contributed by atoms with Gasteiger partial charge in [0, 0.05) is 69.2 Å². The number of rotatable bonds is 6. The highest BCUT2D eigenvalue weighted by Crippen LogP contribution is 2.36. The average molecular weight is 350 g/mol. The van der Waals surface area contributed by atoms with E-state index in [1.165, 1.54) is 50.3 Å². The van der Waals surface area contributed by atoms with Gasteiger partial charge in [-0.15, -0.1) is 0 Å². The normalized spacial score (nSPS) is 21.8. The Morgan fingerprint density at radius 2 is 1.83 bits per heavy atom. The first kappa shape index (κ1) is 17.7. The number of thioether (sulfide) groups is 1. The summed E-state index contributed by atoms with van der Waals surface area (Å²) in [5.74, 6) is 3.50. The summed E-state index contributed by atoms with van der Waals surface area (Å²) < 4.78 is 2.18. The van der Waals surface area contributed by atoms with E-state index in [0.717, 1.165) is 25.6 Å². The molecule has 6 heteroatoms. The zero-order valence-corrected chi connectivity index (χ0v) is 15.7. The van der Waals surface area contributed by atoms with Crippen molar-refractivity contribution in [2.24, 2.45) is 4.99 Å². The molecule has 0 spiro atoms. The van der Waals surface area contributed by atoms with Crippen molar-refractivity contribution in [2.75, 3.05) is 44.7 Å². The maximum Gasteiger partial charge on any atom is 0.191 e. The summed E-state index contributed by atoms with van der Waals surface area (Å²) in [5.41, 5.74) is 0.346. The van der Waals surface area contributed by atoms with Crippen LogP contribution in [-0.2, 0) is 6.54 Å². The number of guanidine groups is 1. The zero-order valence-electron chi connectivity index (χ0n) is 14.8. The Morgan fingerprint density at radius 1 is 1.12 bits per heavy atom. The fourth-order valence-electron chi connectivity index (χ4n) is 3.97. The third-order valence-electron chi connectivity index (χ3n) is 5.35. The molecule has 0 radical (unpaired) electrons. The molecule has 2 fully saturated rings. The van der Waals surface area contributed by atoms with Crippen LogP contribution < -0.4 is 10.6 Å². The van der Waals surface area contributed by atoms with Crippen LogP contribution in [0.25, 0.3) is 0 Å². The molecule has 1 aromatic rings. The summed E-state index contributed by atoms with van der Waals surface area (Å²) in [6.45, 7) is 5.35. The lowest BCUT2D eigenvalue weighted by atomic mass is 9.94. The topological polar surface area (TPSA) is 44.6 Å². The van der Waals surface area contributed by atoms with Gasteiger partial charge in [0.15, 0.2) is 5.96 Å². The van der Waals surface area contributed by atoms with Crippen LogP contribution in [0, 0.1) is 0 Å². The summed E-state index contributed by atoms with van der Waals surface area (Å²) >= 11 is 2.09. The first-order valence-corrected chi connectivity index (χ1v) is 10.4. The fraction of sp³-hybridized carbons (Fsp3) is 0.722. The Kier molecular flexibility index (Phi) is 6.49. The zero-order chi connectivity index (χ0) is 16.7. The maximum atomic E-state index is 4.41. The molecule has 1 aliphatic carbocycles. The highest BCUT2D eigenvalue weighted by atomic mass is 32.2. The van der Waals surface area contributed by atoms with Gasteiger partial charge in [-0.2, -0.15) is 11.8 Å². The van der Waals surface area contributed by atoms with E-state index in [0.29, 0.717) is 5.54 Å².